The molecule has 8 nitrogen and oxygen atoms in total. The largest absolute Gasteiger partial charge is 0.497 e. The third-order valence-electron chi connectivity index (χ3n) is 8.45. The van der Waals surface area contributed by atoms with Gasteiger partial charge in [0.05, 0.1) is 36.3 Å². The molecular formula is C30H41N3O5S. The van der Waals surface area contributed by atoms with E-state index in [2.05, 4.69) is 13.2 Å². The third kappa shape index (κ3) is 4.88. The topological polar surface area (TPSA) is 90.4 Å². The lowest BCUT2D eigenvalue weighted by Crippen LogP contribution is -2.57. The molecule has 1 aromatic carbocycles. The molecule has 39 heavy (non-hydrogen) atoms. The Morgan fingerprint density at radius 1 is 1.21 bits per heavy atom. The van der Waals surface area contributed by atoms with Crippen LogP contribution in [0.3, 0.4) is 0 Å². The van der Waals surface area contributed by atoms with Crippen LogP contribution in [0, 0.1) is 11.8 Å². The van der Waals surface area contributed by atoms with Crippen LogP contribution in [0.15, 0.2) is 49.6 Å². The van der Waals surface area contributed by atoms with Crippen LogP contribution in [0.4, 0.5) is 5.69 Å². The van der Waals surface area contributed by atoms with E-state index in [4.69, 9.17) is 4.74 Å². The van der Waals surface area contributed by atoms with Gasteiger partial charge in [0.25, 0.3) is 5.91 Å². The third-order valence-corrected chi connectivity index (χ3v) is 10.4. The Hall–Kier alpha value is -2.78. The number of benzene rings is 1. The van der Waals surface area contributed by atoms with Crippen molar-refractivity contribution < 1.29 is 24.2 Å². The molecular weight excluding hydrogens is 514 g/mol. The Morgan fingerprint density at radius 2 is 1.90 bits per heavy atom. The molecule has 0 aromatic heterocycles. The second-order valence-electron chi connectivity index (χ2n) is 10.6. The van der Waals surface area contributed by atoms with Gasteiger partial charge in [0.15, 0.2) is 0 Å². The van der Waals surface area contributed by atoms with E-state index >= 15 is 0 Å². The minimum atomic E-state index is -0.791. The average molecular weight is 556 g/mol. The zero-order valence-electron chi connectivity index (χ0n) is 23.3. The average Bonchev–Trinajstić information content (AvgIpc) is 3.59. The number of carbonyl (C=O) groups excluding carboxylic acids is 3. The lowest BCUT2D eigenvalue weighted by molar-refractivity contribution is -0.145. The van der Waals surface area contributed by atoms with Gasteiger partial charge >= 0.3 is 0 Å². The lowest BCUT2D eigenvalue weighted by atomic mass is 9.70. The number of hydrogen-bond donors (Lipinski definition) is 1. The molecule has 3 aliphatic heterocycles. The van der Waals surface area contributed by atoms with E-state index in [1.807, 2.05) is 26.0 Å². The molecule has 1 N–H and O–H groups in total. The molecule has 0 radical (unpaired) electrons. The lowest BCUT2D eigenvalue weighted by Gasteiger charge is -2.39. The van der Waals surface area contributed by atoms with E-state index in [0.717, 1.165) is 12.8 Å². The van der Waals surface area contributed by atoms with Crippen LogP contribution in [0.5, 0.6) is 5.75 Å². The first kappa shape index (κ1) is 29.2. The molecule has 2 unspecified atom stereocenters. The summed E-state index contributed by atoms with van der Waals surface area (Å²) in [6, 6.07) is 5.94. The van der Waals surface area contributed by atoms with Crippen molar-refractivity contribution in [3.8, 4) is 5.75 Å². The number of carbonyl (C=O) groups is 3. The second kappa shape index (κ2) is 12.2. The van der Waals surface area contributed by atoms with Gasteiger partial charge in [0.1, 0.15) is 11.8 Å². The number of aliphatic hydroxyl groups excluding tert-OH is 1. The molecule has 0 saturated carbocycles. The van der Waals surface area contributed by atoms with Crippen LogP contribution in [0.2, 0.25) is 0 Å². The summed E-state index contributed by atoms with van der Waals surface area (Å²) in [6.45, 7) is 12.7. The molecule has 6 atom stereocenters. The number of likely N-dealkylation sites (tertiary alicyclic amines) is 1. The van der Waals surface area contributed by atoms with Crippen LogP contribution in [-0.2, 0) is 14.4 Å². The van der Waals surface area contributed by atoms with E-state index in [1.54, 1.807) is 57.9 Å². The number of thioether (sulfide) groups is 1. The highest BCUT2D eigenvalue weighted by Crippen LogP contribution is 2.67. The highest BCUT2D eigenvalue weighted by molar-refractivity contribution is 8.02. The quantitative estimate of drug-likeness (QED) is 0.375. The molecule has 212 valence electrons. The van der Waals surface area contributed by atoms with Gasteiger partial charge in [0.2, 0.25) is 11.8 Å². The summed E-state index contributed by atoms with van der Waals surface area (Å²) in [5, 5.41) is 10.3. The molecule has 2 bridgehead atoms. The summed E-state index contributed by atoms with van der Waals surface area (Å²) in [6.07, 6.45) is 6.16. The number of ether oxygens (including phenoxy) is 1. The number of anilines is 1. The number of amides is 3. The monoisotopic (exact) mass is 555 g/mol. The normalized spacial score (nSPS) is 27.7. The second-order valence-corrected chi connectivity index (χ2v) is 12.2. The maximum absolute atomic E-state index is 14.6. The van der Waals surface area contributed by atoms with Crippen molar-refractivity contribution in [3.05, 3.63) is 49.6 Å². The number of methoxy groups -OCH3 is 1. The molecule has 9 heteroatoms. The van der Waals surface area contributed by atoms with E-state index in [0.29, 0.717) is 37.4 Å². The number of rotatable bonds is 13. The minimum absolute atomic E-state index is 0.0175. The Labute approximate surface area is 236 Å². The molecule has 1 spiro atoms. The molecule has 1 aromatic rings. The highest BCUT2D eigenvalue weighted by Gasteiger charge is 2.74. The van der Waals surface area contributed by atoms with Crippen molar-refractivity contribution in [1.29, 1.82) is 0 Å². The molecule has 3 aliphatic rings. The van der Waals surface area contributed by atoms with Crippen molar-refractivity contribution in [2.75, 3.05) is 38.3 Å². The van der Waals surface area contributed by atoms with Crippen LogP contribution >= 0.6 is 11.8 Å². The number of aliphatic hydroxyl groups is 1. The van der Waals surface area contributed by atoms with Gasteiger partial charge in [-0.1, -0.05) is 26.0 Å². The first-order valence-corrected chi connectivity index (χ1v) is 14.8. The Balaban J connectivity index is 1.78. The summed E-state index contributed by atoms with van der Waals surface area (Å²) in [5.41, 5.74) is 0.676. The van der Waals surface area contributed by atoms with Gasteiger partial charge in [-0.2, -0.15) is 0 Å². The van der Waals surface area contributed by atoms with E-state index in [1.165, 1.54) is 0 Å². The highest BCUT2D eigenvalue weighted by atomic mass is 32.2. The fourth-order valence-electron chi connectivity index (χ4n) is 6.75. The van der Waals surface area contributed by atoms with Crippen molar-refractivity contribution in [3.63, 3.8) is 0 Å². The van der Waals surface area contributed by atoms with Crippen LogP contribution in [-0.4, -0.2) is 88.1 Å². The van der Waals surface area contributed by atoms with Crippen LogP contribution in [0.25, 0.3) is 0 Å². The first-order chi connectivity index (χ1) is 18.8. The predicted octanol–water partition coefficient (Wildman–Crippen LogP) is 3.50. The van der Waals surface area contributed by atoms with Crippen molar-refractivity contribution >= 4 is 35.2 Å². The maximum atomic E-state index is 14.6. The fraction of sp³-hybridized carbons (Fsp3) is 0.567. The van der Waals surface area contributed by atoms with Gasteiger partial charge in [-0.05, 0) is 49.9 Å². The Morgan fingerprint density at radius 3 is 2.46 bits per heavy atom. The van der Waals surface area contributed by atoms with E-state index in [9.17, 15) is 19.5 Å². The molecule has 3 fully saturated rings. The van der Waals surface area contributed by atoms with Crippen LogP contribution < -0.4 is 9.64 Å². The van der Waals surface area contributed by atoms with Gasteiger partial charge in [0, 0.05) is 30.6 Å². The molecule has 3 heterocycles. The summed E-state index contributed by atoms with van der Waals surface area (Å²) in [4.78, 5) is 47.9. The molecule has 3 saturated heterocycles. The van der Waals surface area contributed by atoms with E-state index in [-0.39, 0.29) is 36.1 Å². The zero-order chi connectivity index (χ0) is 28.3. The SMILES string of the molecule is C=CCN(CCC)C(=O)[C@@H]1[C@H]2C(=O)N([C@@H](CC)CO)C(C(=O)N(CC=C)c3ccc(OC)cc3)C23CC[C@H]1S3. The summed E-state index contributed by atoms with van der Waals surface area (Å²) < 4.78 is 4.57. The Kier molecular flexibility index (Phi) is 9.11. The maximum Gasteiger partial charge on any atom is 0.251 e. The minimum Gasteiger partial charge on any atom is -0.497 e. The fourth-order valence-corrected chi connectivity index (χ4v) is 8.94. The summed E-state index contributed by atoms with van der Waals surface area (Å²) in [7, 11) is 1.59. The summed E-state index contributed by atoms with van der Waals surface area (Å²) in [5.74, 6) is -0.847. The zero-order valence-corrected chi connectivity index (χ0v) is 24.1. The molecule has 4 rings (SSSR count). The van der Waals surface area contributed by atoms with Gasteiger partial charge in [-0.3, -0.25) is 14.4 Å². The predicted molar refractivity (Wildman–Crippen MR) is 155 cm³/mol. The number of hydrogen-bond acceptors (Lipinski definition) is 6. The first-order valence-electron chi connectivity index (χ1n) is 13.9. The number of fused-ring (bicyclic) bond motifs is 1. The Bertz CT molecular complexity index is 1090. The standard InChI is InChI=1S/C30H41N3O5S/c1-6-16-31(17-7-2)27(35)24-23-14-15-30(39-23)25(24)28(36)33(20(9-4)19-34)26(30)29(37)32(18-8-3)21-10-12-22(38-5)13-11-21/h6,8,10-13,20,23-26,34H,1,3,7,9,14-19H2,2,4-5H3/t20-,23+,24-,25-,26?,30?/m0/s1. The van der Waals surface area contributed by atoms with Crippen molar-refractivity contribution in [1.82, 2.24) is 9.80 Å². The van der Waals surface area contributed by atoms with E-state index < -0.39 is 28.7 Å². The van der Waals surface area contributed by atoms with Gasteiger partial charge in [-0.15, -0.1) is 24.9 Å². The van der Waals surface area contributed by atoms with Crippen molar-refractivity contribution in [2.24, 2.45) is 11.8 Å². The van der Waals surface area contributed by atoms with Gasteiger partial charge < -0.3 is 24.5 Å². The summed E-state index contributed by atoms with van der Waals surface area (Å²) >= 11 is 1.65. The van der Waals surface area contributed by atoms with Crippen molar-refractivity contribution in [2.45, 2.75) is 61.6 Å². The van der Waals surface area contributed by atoms with Crippen LogP contribution in [0.1, 0.15) is 39.5 Å². The molecule has 0 aliphatic carbocycles. The number of nitrogens with zero attached hydrogens (tertiary/aromatic N) is 3. The smallest absolute Gasteiger partial charge is 0.251 e. The van der Waals surface area contributed by atoms with Gasteiger partial charge in [-0.25, -0.2) is 0 Å². The molecule has 3 amide bonds.